The maximum atomic E-state index is 13.2. The summed E-state index contributed by atoms with van der Waals surface area (Å²) in [6.07, 6.45) is 2.32. The lowest BCUT2D eigenvalue weighted by Gasteiger charge is -2.36. The van der Waals surface area contributed by atoms with Gasteiger partial charge in [-0.2, -0.15) is 5.23 Å². The quantitative estimate of drug-likeness (QED) is 0.775. The van der Waals surface area contributed by atoms with Crippen molar-refractivity contribution in [2.45, 2.75) is 25.0 Å². The van der Waals surface area contributed by atoms with Crippen LogP contribution in [-0.4, -0.2) is 29.7 Å². The molecule has 1 unspecified atom stereocenters. The second kappa shape index (κ2) is 6.03. The molecule has 144 valence electrons. The number of fused-ring (bicyclic) bond motifs is 2. The summed E-state index contributed by atoms with van der Waals surface area (Å²) in [5, 5.41) is 23.8. The second-order valence-electron chi connectivity index (χ2n) is 7.40. The molecule has 3 aliphatic rings. The van der Waals surface area contributed by atoms with E-state index in [0.717, 1.165) is 29.8 Å². The van der Waals surface area contributed by atoms with Crippen molar-refractivity contribution in [1.29, 1.82) is 0 Å². The fourth-order valence-corrected chi connectivity index (χ4v) is 4.59. The van der Waals surface area contributed by atoms with E-state index in [0.29, 0.717) is 12.3 Å². The summed E-state index contributed by atoms with van der Waals surface area (Å²) >= 11 is 0. The zero-order valence-electron chi connectivity index (χ0n) is 15.3. The van der Waals surface area contributed by atoms with Crippen molar-refractivity contribution in [3.05, 3.63) is 59.3 Å². The van der Waals surface area contributed by atoms with Crippen LogP contribution in [0.15, 0.2) is 53.7 Å². The number of nitrogens with zero attached hydrogens (tertiary/aromatic N) is 3. The van der Waals surface area contributed by atoms with Crippen molar-refractivity contribution >= 4 is 28.8 Å². The molecule has 5 rings (SSSR count). The largest absolute Gasteiger partial charge is 0.595 e. The van der Waals surface area contributed by atoms with Crippen molar-refractivity contribution in [3.8, 4) is 0 Å². The fourth-order valence-electron chi connectivity index (χ4n) is 4.59. The van der Waals surface area contributed by atoms with Crippen LogP contribution in [0.3, 0.4) is 0 Å². The lowest BCUT2D eigenvalue weighted by atomic mass is 9.96. The summed E-state index contributed by atoms with van der Waals surface area (Å²) in [7, 11) is 1.80. The Labute approximate surface area is 161 Å². The minimum Gasteiger partial charge on any atom is -0.595 e. The lowest BCUT2D eigenvalue weighted by molar-refractivity contribution is -0.991. The van der Waals surface area contributed by atoms with Crippen LogP contribution in [0.25, 0.3) is 0 Å². The number of rotatable bonds is 2. The van der Waals surface area contributed by atoms with Crippen molar-refractivity contribution in [2.24, 2.45) is 11.1 Å². The highest BCUT2D eigenvalue weighted by atomic mass is 16.8. The zero-order valence-corrected chi connectivity index (χ0v) is 15.3. The second-order valence-corrected chi connectivity index (χ2v) is 7.40. The van der Waals surface area contributed by atoms with Gasteiger partial charge in [0, 0.05) is 31.2 Å². The molecule has 1 fully saturated rings. The van der Waals surface area contributed by atoms with Crippen LogP contribution in [0, 0.1) is 11.1 Å². The molecule has 2 N–H and O–H groups in total. The van der Waals surface area contributed by atoms with E-state index in [-0.39, 0.29) is 17.5 Å². The van der Waals surface area contributed by atoms with Crippen LogP contribution in [0.1, 0.15) is 24.8 Å². The first-order chi connectivity index (χ1) is 13.5. The van der Waals surface area contributed by atoms with Crippen LogP contribution in [0.2, 0.25) is 0 Å². The number of para-hydroxylation sites is 2. The van der Waals surface area contributed by atoms with Crippen molar-refractivity contribution in [1.82, 2.24) is 0 Å². The van der Waals surface area contributed by atoms with Gasteiger partial charge in [-0.25, -0.2) is 5.21 Å². The molecule has 1 spiro atoms. The number of amides is 1. The van der Waals surface area contributed by atoms with Crippen LogP contribution in [0.4, 0.5) is 17.1 Å². The molecule has 2 aromatic carbocycles. The summed E-state index contributed by atoms with van der Waals surface area (Å²) in [6.45, 7) is 0. The number of nitrogens with one attached hydrogen (secondary N) is 1. The molecule has 8 nitrogen and oxygen atoms in total. The molecule has 28 heavy (non-hydrogen) atoms. The summed E-state index contributed by atoms with van der Waals surface area (Å²) < 4.78 is 0. The molecule has 3 atom stereocenters. The predicted octanol–water partition coefficient (Wildman–Crippen LogP) is 1.76. The molecule has 0 aromatic heterocycles. The van der Waals surface area contributed by atoms with E-state index >= 15 is 0 Å². The number of oxime groups is 1. The average Bonchev–Trinajstić information content (AvgIpc) is 3.30. The molecule has 1 amide bonds. The minimum atomic E-state index is -0.976. The molecule has 1 aliphatic carbocycles. The maximum absolute atomic E-state index is 13.2. The summed E-state index contributed by atoms with van der Waals surface area (Å²) in [6, 6.07) is 14.3. The van der Waals surface area contributed by atoms with Crippen molar-refractivity contribution in [2.75, 3.05) is 16.8 Å². The van der Waals surface area contributed by atoms with Gasteiger partial charge in [-0.1, -0.05) is 17.3 Å². The third kappa shape index (κ3) is 2.22. The molecule has 1 saturated carbocycles. The van der Waals surface area contributed by atoms with Gasteiger partial charge in [0.15, 0.2) is 11.5 Å². The molecule has 2 heterocycles. The van der Waals surface area contributed by atoms with Gasteiger partial charge in [-0.15, -0.1) is 0 Å². The van der Waals surface area contributed by atoms with Gasteiger partial charge in [0.2, 0.25) is 11.6 Å². The zero-order chi connectivity index (χ0) is 19.5. The van der Waals surface area contributed by atoms with Gasteiger partial charge >= 0.3 is 0 Å². The Balaban J connectivity index is 1.67. The van der Waals surface area contributed by atoms with Crippen LogP contribution < -0.4 is 15.0 Å². The van der Waals surface area contributed by atoms with E-state index in [4.69, 9.17) is 10.0 Å². The molecule has 2 aliphatic heterocycles. The third-order valence-electron chi connectivity index (χ3n) is 5.96. The highest BCUT2D eigenvalue weighted by Gasteiger charge is 2.61. The van der Waals surface area contributed by atoms with Gasteiger partial charge in [0.1, 0.15) is 5.92 Å². The Morgan fingerprint density at radius 2 is 1.93 bits per heavy atom. The number of hydrogen-bond acceptors (Lipinski definition) is 6. The van der Waals surface area contributed by atoms with Crippen molar-refractivity contribution in [3.63, 3.8) is 0 Å². The molecule has 0 radical (unpaired) electrons. The summed E-state index contributed by atoms with van der Waals surface area (Å²) in [5.74, 6) is 0.314. The number of benzene rings is 2. The Bertz CT molecular complexity index is 974. The first-order valence-corrected chi connectivity index (χ1v) is 9.30. The number of quaternary nitrogens is 1. The number of carbonyl (C=O) groups excluding carboxylic acids is 1. The van der Waals surface area contributed by atoms with E-state index in [1.54, 1.807) is 36.2 Å². The summed E-state index contributed by atoms with van der Waals surface area (Å²) in [4.78, 5) is 23.0. The number of anilines is 2. The topological polar surface area (TPSA) is 92.9 Å². The van der Waals surface area contributed by atoms with E-state index in [2.05, 4.69) is 5.16 Å². The Morgan fingerprint density at radius 3 is 2.64 bits per heavy atom. The van der Waals surface area contributed by atoms with Crippen LogP contribution in [0.5, 0.6) is 0 Å². The lowest BCUT2D eigenvalue weighted by Crippen LogP contribution is -2.99. The van der Waals surface area contributed by atoms with E-state index in [1.807, 2.05) is 29.2 Å². The molecule has 2 aromatic rings. The minimum absolute atomic E-state index is 0.0325. The first-order valence-electron chi connectivity index (χ1n) is 9.30. The van der Waals surface area contributed by atoms with Gasteiger partial charge in [0.25, 0.3) is 0 Å². The molecule has 8 heteroatoms. The fraction of sp³-hybridized carbons (Fsp3) is 0.300. The molecule has 0 bridgehead atoms. The number of carbonyl (C=O) groups is 1. The normalized spacial score (nSPS) is 26.8. The summed E-state index contributed by atoms with van der Waals surface area (Å²) in [5.41, 5.74) is 1.80. The van der Waals surface area contributed by atoms with Gasteiger partial charge in [-0.3, -0.25) is 9.69 Å². The Kier molecular flexibility index (Phi) is 3.70. The SMILES string of the molecule is CN1C(=O)[C@H]2CCC[C@@]23ON=C(c2ccc([NH+]([O-])O)cc2)N3c2ccccc21. The molecular formula is C20H20N4O4. The Hall–Kier alpha value is -2.94. The monoisotopic (exact) mass is 380 g/mol. The highest BCUT2D eigenvalue weighted by molar-refractivity contribution is 6.16. The van der Waals surface area contributed by atoms with Crippen molar-refractivity contribution < 1.29 is 20.1 Å². The van der Waals surface area contributed by atoms with Gasteiger partial charge < -0.3 is 14.9 Å². The standard InChI is InChI=1S/C20H20N4O4/c1-22-16-6-2-3-7-17(16)23-18(13-8-10-14(11-9-13)24(26)27)21-28-20(23)12-4-5-15(20)19(22)25/h2-3,6-11,15,24,26H,4-5,12H2,1H3/t15-,20-/m1/s1. The van der Waals surface area contributed by atoms with Gasteiger partial charge in [-0.05, 0) is 37.1 Å². The predicted molar refractivity (Wildman–Crippen MR) is 102 cm³/mol. The van der Waals surface area contributed by atoms with Gasteiger partial charge in [0.05, 0.1) is 11.4 Å². The maximum Gasteiger partial charge on any atom is 0.236 e. The van der Waals surface area contributed by atoms with Crippen LogP contribution >= 0.6 is 0 Å². The van der Waals surface area contributed by atoms with Crippen LogP contribution in [-0.2, 0) is 9.63 Å². The highest BCUT2D eigenvalue weighted by Crippen LogP contribution is 2.52. The molecule has 0 saturated heterocycles. The van der Waals surface area contributed by atoms with E-state index in [9.17, 15) is 10.0 Å². The number of amidine groups is 1. The van der Waals surface area contributed by atoms with E-state index in [1.165, 1.54) is 0 Å². The van der Waals surface area contributed by atoms with E-state index < -0.39 is 11.0 Å². The first kappa shape index (κ1) is 17.2. The number of hydrogen-bond donors (Lipinski definition) is 2. The molecular weight excluding hydrogens is 360 g/mol. The smallest absolute Gasteiger partial charge is 0.236 e. The Morgan fingerprint density at radius 1 is 1.21 bits per heavy atom. The average molecular weight is 380 g/mol. The third-order valence-corrected chi connectivity index (χ3v) is 5.96.